The highest BCUT2D eigenvalue weighted by atomic mass is 31.2. The van der Waals surface area contributed by atoms with Gasteiger partial charge in [0.2, 0.25) is 0 Å². The van der Waals surface area contributed by atoms with Crippen LogP contribution in [0.2, 0.25) is 0 Å². The molecule has 0 aromatic rings. The molecule has 0 heterocycles. The lowest BCUT2D eigenvalue weighted by atomic mass is 10.2. The number of quaternary nitrogens is 1. The minimum Gasteiger partial charge on any atom is -0.469 e. The summed E-state index contributed by atoms with van der Waals surface area (Å²) in [5.74, 6) is -0.288. The van der Waals surface area contributed by atoms with Gasteiger partial charge in [-0.2, -0.15) is 0 Å². The Hall–Kier alpha value is -0.540. The molecule has 0 radical (unpaired) electrons. The average Bonchev–Trinajstić information content (AvgIpc) is 2.48. The first-order chi connectivity index (χ1) is 11.1. The van der Waals surface area contributed by atoms with Crippen LogP contribution in [-0.4, -0.2) is 87.8 Å². The standard InChI is InChI=1S/C14H30NO8P/c1-15(2,3)8-10-22-24(18,19)23-12-13(11-16)21-9-6-5-7-14(17)20-4/h13,16H,5-12H2,1-4H3/p+1. The van der Waals surface area contributed by atoms with Gasteiger partial charge in [-0.15, -0.1) is 0 Å². The van der Waals surface area contributed by atoms with Crippen LogP contribution in [0.1, 0.15) is 19.3 Å². The van der Waals surface area contributed by atoms with Crippen LogP contribution in [0.4, 0.5) is 0 Å². The highest BCUT2D eigenvalue weighted by Crippen LogP contribution is 2.43. The molecule has 0 aromatic carbocycles. The van der Waals surface area contributed by atoms with E-state index in [1.165, 1.54) is 7.11 Å². The van der Waals surface area contributed by atoms with Gasteiger partial charge in [0, 0.05) is 13.0 Å². The van der Waals surface area contributed by atoms with Crippen LogP contribution >= 0.6 is 7.82 Å². The van der Waals surface area contributed by atoms with Gasteiger partial charge in [-0.3, -0.25) is 13.8 Å². The Balaban J connectivity index is 3.93. The maximum atomic E-state index is 11.7. The Morgan fingerprint density at radius 3 is 2.38 bits per heavy atom. The number of phosphoric ester groups is 1. The molecule has 24 heavy (non-hydrogen) atoms. The van der Waals surface area contributed by atoms with Crippen molar-refractivity contribution in [1.29, 1.82) is 0 Å². The van der Waals surface area contributed by atoms with Crippen molar-refractivity contribution >= 4 is 13.8 Å². The lowest BCUT2D eigenvalue weighted by Gasteiger charge is -2.24. The van der Waals surface area contributed by atoms with E-state index >= 15 is 0 Å². The third kappa shape index (κ3) is 13.9. The summed E-state index contributed by atoms with van der Waals surface area (Å²) in [5.41, 5.74) is 0. The number of likely N-dealkylation sites (N-methyl/N-ethyl adjacent to an activating group) is 1. The van der Waals surface area contributed by atoms with E-state index in [1.807, 2.05) is 21.1 Å². The highest BCUT2D eigenvalue weighted by molar-refractivity contribution is 7.47. The number of hydrogen-bond donors (Lipinski definition) is 2. The van der Waals surface area contributed by atoms with Crippen molar-refractivity contribution in [3.05, 3.63) is 0 Å². The molecule has 0 aliphatic carbocycles. The van der Waals surface area contributed by atoms with Gasteiger partial charge in [-0.05, 0) is 12.8 Å². The summed E-state index contributed by atoms with van der Waals surface area (Å²) in [7, 11) is 2.96. The van der Waals surface area contributed by atoms with Crippen LogP contribution in [0.3, 0.4) is 0 Å². The molecule has 0 fully saturated rings. The van der Waals surface area contributed by atoms with Crippen molar-refractivity contribution in [2.45, 2.75) is 25.4 Å². The lowest BCUT2D eigenvalue weighted by Crippen LogP contribution is -2.37. The van der Waals surface area contributed by atoms with Crippen molar-refractivity contribution in [2.24, 2.45) is 0 Å². The third-order valence-electron chi connectivity index (χ3n) is 3.00. The number of unbranched alkanes of at least 4 members (excludes halogenated alkanes) is 1. The van der Waals surface area contributed by atoms with Gasteiger partial charge in [-0.1, -0.05) is 0 Å². The molecule has 0 bridgehead atoms. The number of nitrogens with zero attached hydrogens (tertiary/aromatic N) is 1. The van der Waals surface area contributed by atoms with Gasteiger partial charge in [0.1, 0.15) is 19.3 Å². The van der Waals surface area contributed by atoms with Gasteiger partial charge in [0.05, 0.1) is 41.5 Å². The second kappa shape index (κ2) is 11.9. The molecule has 0 rings (SSSR count). The van der Waals surface area contributed by atoms with E-state index < -0.39 is 13.9 Å². The number of hydrogen-bond acceptors (Lipinski definition) is 7. The number of carbonyl (C=O) groups is 1. The Labute approximate surface area is 143 Å². The topological polar surface area (TPSA) is 112 Å². The zero-order chi connectivity index (χ0) is 18.6. The second-order valence-electron chi connectivity index (χ2n) is 6.32. The fourth-order valence-electron chi connectivity index (χ4n) is 1.52. The number of aliphatic hydroxyl groups excluding tert-OH is 1. The molecule has 10 heteroatoms. The zero-order valence-electron chi connectivity index (χ0n) is 15.0. The summed E-state index contributed by atoms with van der Waals surface area (Å²) in [6.45, 7) is 0.314. The first kappa shape index (κ1) is 23.5. The van der Waals surface area contributed by atoms with Crippen LogP contribution < -0.4 is 0 Å². The number of esters is 1. The predicted octanol–water partition coefficient (Wildman–Crippen LogP) is 0.547. The van der Waals surface area contributed by atoms with Crippen LogP contribution in [0.5, 0.6) is 0 Å². The van der Waals surface area contributed by atoms with Crippen molar-refractivity contribution in [3.63, 3.8) is 0 Å². The monoisotopic (exact) mass is 372 g/mol. The first-order valence-corrected chi connectivity index (χ1v) is 9.31. The zero-order valence-corrected chi connectivity index (χ0v) is 15.9. The van der Waals surface area contributed by atoms with E-state index in [2.05, 4.69) is 4.74 Å². The van der Waals surface area contributed by atoms with Gasteiger partial charge in [0.15, 0.2) is 0 Å². The molecule has 0 saturated carbocycles. The summed E-state index contributed by atoms with van der Waals surface area (Å²) in [6.07, 6.45) is 0.762. The summed E-state index contributed by atoms with van der Waals surface area (Å²) in [5, 5.41) is 9.19. The number of ether oxygens (including phenoxy) is 2. The fourth-order valence-corrected chi connectivity index (χ4v) is 2.26. The smallest absolute Gasteiger partial charge is 0.469 e. The van der Waals surface area contributed by atoms with E-state index in [1.54, 1.807) is 0 Å². The molecular weight excluding hydrogens is 341 g/mol. The lowest BCUT2D eigenvalue weighted by molar-refractivity contribution is -0.870. The molecule has 0 aromatic heterocycles. The number of rotatable bonds is 14. The van der Waals surface area contributed by atoms with Crippen LogP contribution in [0.15, 0.2) is 0 Å². The van der Waals surface area contributed by atoms with Crippen molar-refractivity contribution in [2.75, 3.05) is 61.2 Å². The SMILES string of the molecule is COC(=O)CCCCOC(CO)COP(=O)(O)OCC[N+](C)(C)C. The molecule has 144 valence electrons. The quantitative estimate of drug-likeness (QED) is 0.197. The minimum absolute atomic E-state index is 0.0788. The van der Waals surface area contributed by atoms with Gasteiger partial charge < -0.3 is 24.0 Å². The number of phosphoric acid groups is 1. The first-order valence-electron chi connectivity index (χ1n) is 7.81. The molecular formula is C14H31NO8P+. The fraction of sp³-hybridized carbons (Fsp3) is 0.929. The molecule has 0 amide bonds. The largest absolute Gasteiger partial charge is 0.472 e. The minimum atomic E-state index is -4.17. The number of carbonyl (C=O) groups excluding carboxylic acids is 1. The predicted molar refractivity (Wildman–Crippen MR) is 87.3 cm³/mol. The van der Waals surface area contributed by atoms with E-state index in [-0.39, 0.29) is 25.8 Å². The number of aliphatic hydroxyl groups is 1. The van der Waals surface area contributed by atoms with Crippen molar-refractivity contribution in [1.82, 2.24) is 0 Å². The maximum absolute atomic E-state index is 11.7. The second-order valence-corrected chi connectivity index (χ2v) is 7.77. The van der Waals surface area contributed by atoms with Gasteiger partial charge >= 0.3 is 13.8 Å². The van der Waals surface area contributed by atoms with E-state index in [0.717, 1.165) is 0 Å². The molecule has 0 aliphatic rings. The highest BCUT2D eigenvalue weighted by Gasteiger charge is 2.24. The average molecular weight is 372 g/mol. The molecule has 0 spiro atoms. The maximum Gasteiger partial charge on any atom is 0.472 e. The van der Waals surface area contributed by atoms with E-state index in [0.29, 0.717) is 36.9 Å². The van der Waals surface area contributed by atoms with Crippen molar-refractivity contribution < 1.29 is 42.4 Å². The summed E-state index contributed by atoms with van der Waals surface area (Å²) in [6, 6.07) is 0. The van der Waals surface area contributed by atoms with E-state index in [4.69, 9.17) is 13.8 Å². The van der Waals surface area contributed by atoms with Gasteiger partial charge in [0.25, 0.3) is 0 Å². The molecule has 0 saturated heterocycles. The Kier molecular flexibility index (Phi) is 11.6. The Morgan fingerprint density at radius 2 is 1.83 bits per heavy atom. The summed E-state index contributed by atoms with van der Waals surface area (Å²) in [4.78, 5) is 20.5. The molecule has 0 aliphatic heterocycles. The third-order valence-corrected chi connectivity index (χ3v) is 3.98. The van der Waals surface area contributed by atoms with E-state index in [9.17, 15) is 19.4 Å². The number of methoxy groups -OCH3 is 1. The van der Waals surface area contributed by atoms with Crippen LogP contribution in [0.25, 0.3) is 0 Å². The summed E-state index contributed by atoms with van der Waals surface area (Å²) < 4.78 is 31.9. The Morgan fingerprint density at radius 1 is 1.17 bits per heavy atom. The normalized spacial score (nSPS) is 15.8. The molecule has 2 atom stereocenters. The van der Waals surface area contributed by atoms with Crippen LogP contribution in [-0.2, 0) is 27.9 Å². The van der Waals surface area contributed by atoms with Crippen molar-refractivity contribution in [3.8, 4) is 0 Å². The van der Waals surface area contributed by atoms with Crippen LogP contribution in [0, 0.1) is 0 Å². The molecule has 9 nitrogen and oxygen atoms in total. The van der Waals surface area contributed by atoms with Gasteiger partial charge in [-0.25, -0.2) is 4.57 Å². The molecule has 2 unspecified atom stereocenters. The Bertz CT molecular complexity index is 399. The summed E-state index contributed by atoms with van der Waals surface area (Å²) >= 11 is 0. The molecule has 2 N–H and O–H groups in total.